The molecule has 0 amide bonds. The maximum Gasteiger partial charge on any atom is 0.325 e. The highest BCUT2D eigenvalue weighted by Crippen LogP contribution is 2.23. The van der Waals surface area contributed by atoms with E-state index < -0.39 is 12.0 Å². The molecule has 0 heterocycles. The summed E-state index contributed by atoms with van der Waals surface area (Å²) in [4.78, 5) is 10.4. The van der Waals surface area contributed by atoms with Crippen LogP contribution in [0.5, 0.6) is 11.5 Å². The Kier molecular flexibility index (Phi) is 2.39. The molecule has 0 aliphatic carbocycles. The van der Waals surface area contributed by atoms with Gasteiger partial charge in [-0.2, -0.15) is 0 Å². The van der Waals surface area contributed by atoms with Crippen LogP contribution in [0.4, 0.5) is 0 Å². The van der Waals surface area contributed by atoms with Crippen LogP contribution >= 0.6 is 0 Å². The van der Waals surface area contributed by atoms with Crippen molar-refractivity contribution < 1.29 is 20.1 Å². The summed E-state index contributed by atoms with van der Waals surface area (Å²) < 4.78 is 0. The molecule has 1 unspecified atom stereocenters. The third kappa shape index (κ3) is 2.09. The fourth-order valence-electron chi connectivity index (χ4n) is 0.940. The van der Waals surface area contributed by atoms with E-state index in [-0.39, 0.29) is 17.1 Å². The average Bonchev–Trinajstić information content (AvgIpc) is 2.01. The minimum Gasteiger partial charge on any atom is -0.508 e. The first-order chi connectivity index (χ1) is 6.00. The van der Waals surface area contributed by atoms with E-state index in [2.05, 4.69) is 0 Å². The number of rotatable bonds is 2. The first-order valence-electron chi connectivity index (χ1n) is 3.52. The lowest BCUT2D eigenvalue weighted by Gasteiger charge is -2.07. The van der Waals surface area contributed by atoms with Crippen LogP contribution in [0, 0.1) is 0 Å². The number of hydrogen-bond donors (Lipinski definition) is 4. The number of benzene rings is 1. The molecular formula is C8H9NO4. The summed E-state index contributed by atoms with van der Waals surface area (Å²) in [5.74, 6) is -1.65. The summed E-state index contributed by atoms with van der Waals surface area (Å²) >= 11 is 0. The number of carboxylic acids is 1. The zero-order valence-electron chi connectivity index (χ0n) is 6.64. The molecule has 0 saturated carbocycles. The summed E-state index contributed by atoms with van der Waals surface area (Å²) in [5, 5.41) is 26.6. The van der Waals surface area contributed by atoms with Gasteiger partial charge in [0.25, 0.3) is 0 Å². The first kappa shape index (κ1) is 9.34. The molecule has 0 aliphatic rings. The fraction of sp³-hybridized carbons (Fsp3) is 0.125. The summed E-state index contributed by atoms with van der Waals surface area (Å²) in [5.41, 5.74) is 5.41. The van der Waals surface area contributed by atoms with Crippen molar-refractivity contribution in [1.29, 1.82) is 0 Å². The molecule has 1 aromatic carbocycles. The largest absolute Gasteiger partial charge is 0.508 e. The number of carboxylic acid groups (broad SMARTS) is 1. The number of nitrogens with two attached hydrogens (primary N) is 1. The van der Waals surface area contributed by atoms with Gasteiger partial charge in [-0.25, -0.2) is 0 Å². The zero-order chi connectivity index (χ0) is 10.0. The average molecular weight is 183 g/mol. The predicted octanol–water partition coefficient (Wildman–Crippen LogP) is 0.182. The molecule has 5 heteroatoms. The van der Waals surface area contributed by atoms with E-state index in [0.717, 1.165) is 6.07 Å². The van der Waals surface area contributed by atoms with Crippen LogP contribution in [0.2, 0.25) is 0 Å². The SMILES string of the molecule is NC(C(=O)O)c1cc(O)cc(O)c1. The predicted molar refractivity (Wildman–Crippen MR) is 44.3 cm³/mol. The molecule has 1 rings (SSSR count). The lowest BCUT2D eigenvalue weighted by molar-refractivity contribution is -0.138. The van der Waals surface area contributed by atoms with Crippen LogP contribution in [-0.2, 0) is 4.79 Å². The Balaban J connectivity index is 3.07. The highest BCUT2D eigenvalue weighted by atomic mass is 16.4. The normalized spacial score (nSPS) is 12.4. The first-order valence-corrected chi connectivity index (χ1v) is 3.52. The van der Waals surface area contributed by atoms with E-state index >= 15 is 0 Å². The van der Waals surface area contributed by atoms with E-state index in [1.165, 1.54) is 12.1 Å². The number of carbonyl (C=O) groups is 1. The van der Waals surface area contributed by atoms with Gasteiger partial charge in [-0.1, -0.05) is 0 Å². The quantitative estimate of drug-likeness (QED) is 0.523. The van der Waals surface area contributed by atoms with Crippen molar-refractivity contribution in [3.63, 3.8) is 0 Å². The molecule has 0 aliphatic heterocycles. The lowest BCUT2D eigenvalue weighted by Crippen LogP contribution is -2.20. The van der Waals surface area contributed by atoms with Gasteiger partial charge in [0.05, 0.1) is 0 Å². The highest BCUT2D eigenvalue weighted by Gasteiger charge is 2.15. The molecule has 1 aromatic rings. The minimum atomic E-state index is -1.24. The third-order valence-electron chi connectivity index (χ3n) is 1.55. The molecule has 70 valence electrons. The van der Waals surface area contributed by atoms with E-state index in [1.807, 2.05) is 0 Å². The van der Waals surface area contributed by atoms with Crippen molar-refractivity contribution >= 4 is 5.97 Å². The fourth-order valence-corrected chi connectivity index (χ4v) is 0.940. The Morgan fingerprint density at radius 2 is 1.69 bits per heavy atom. The van der Waals surface area contributed by atoms with Crippen LogP contribution in [0.1, 0.15) is 11.6 Å². The maximum atomic E-state index is 10.4. The summed E-state index contributed by atoms with van der Waals surface area (Å²) in [6, 6.07) is 2.24. The molecule has 5 N–H and O–H groups in total. The van der Waals surface area contributed by atoms with Gasteiger partial charge in [-0.15, -0.1) is 0 Å². The molecule has 0 saturated heterocycles. The van der Waals surface area contributed by atoms with Gasteiger partial charge in [-0.05, 0) is 17.7 Å². The second kappa shape index (κ2) is 3.32. The Morgan fingerprint density at radius 1 is 1.23 bits per heavy atom. The van der Waals surface area contributed by atoms with E-state index in [0.29, 0.717) is 0 Å². The molecule has 0 fully saturated rings. The summed E-state index contributed by atoms with van der Waals surface area (Å²) in [6.07, 6.45) is 0. The van der Waals surface area contributed by atoms with Crippen molar-refractivity contribution in [3.05, 3.63) is 23.8 Å². The van der Waals surface area contributed by atoms with Crippen LogP contribution in [0.25, 0.3) is 0 Å². The minimum absolute atomic E-state index is 0.157. The topological polar surface area (TPSA) is 104 Å². The smallest absolute Gasteiger partial charge is 0.325 e. The standard InChI is InChI=1S/C8H9NO4/c9-7(8(12)13)4-1-5(10)3-6(11)2-4/h1-3,7,10-11H,9H2,(H,12,13). The van der Waals surface area contributed by atoms with Crippen molar-refractivity contribution in [2.75, 3.05) is 0 Å². The lowest BCUT2D eigenvalue weighted by atomic mass is 10.1. The van der Waals surface area contributed by atoms with Crippen LogP contribution < -0.4 is 5.73 Å². The molecule has 13 heavy (non-hydrogen) atoms. The van der Waals surface area contributed by atoms with Crippen molar-refractivity contribution in [1.82, 2.24) is 0 Å². The summed E-state index contributed by atoms with van der Waals surface area (Å²) in [7, 11) is 0. The zero-order valence-corrected chi connectivity index (χ0v) is 6.64. The van der Waals surface area contributed by atoms with Crippen molar-refractivity contribution in [2.24, 2.45) is 5.73 Å². The monoisotopic (exact) mass is 183 g/mol. The van der Waals surface area contributed by atoms with Gasteiger partial charge in [-0.3, -0.25) is 4.79 Å². The van der Waals surface area contributed by atoms with Gasteiger partial charge in [0, 0.05) is 6.07 Å². The number of phenolic OH excluding ortho intramolecular Hbond substituents is 2. The van der Waals surface area contributed by atoms with E-state index in [1.54, 1.807) is 0 Å². The molecule has 0 radical (unpaired) electrons. The second-order valence-corrected chi connectivity index (χ2v) is 2.60. The molecule has 1 atom stereocenters. The summed E-state index contributed by atoms with van der Waals surface area (Å²) in [6.45, 7) is 0. The van der Waals surface area contributed by atoms with E-state index in [9.17, 15) is 4.79 Å². The number of phenols is 2. The number of hydrogen-bond acceptors (Lipinski definition) is 4. The van der Waals surface area contributed by atoms with Crippen LogP contribution in [0.3, 0.4) is 0 Å². The molecule has 0 aromatic heterocycles. The Hall–Kier alpha value is -1.75. The van der Waals surface area contributed by atoms with Gasteiger partial charge in [0.15, 0.2) is 0 Å². The van der Waals surface area contributed by atoms with Gasteiger partial charge < -0.3 is 21.1 Å². The van der Waals surface area contributed by atoms with Gasteiger partial charge in [0.2, 0.25) is 0 Å². The van der Waals surface area contributed by atoms with Crippen LogP contribution in [0.15, 0.2) is 18.2 Å². The third-order valence-corrected chi connectivity index (χ3v) is 1.55. The molecule has 5 nitrogen and oxygen atoms in total. The van der Waals surface area contributed by atoms with E-state index in [4.69, 9.17) is 21.1 Å². The molecule has 0 spiro atoms. The number of aromatic hydroxyl groups is 2. The van der Waals surface area contributed by atoms with Gasteiger partial charge >= 0.3 is 5.97 Å². The number of aliphatic carboxylic acids is 1. The Bertz CT molecular complexity index is 317. The Labute approximate surface area is 74.0 Å². The molecule has 0 bridgehead atoms. The highest BCUT2D eigenvalue weighted by molar-refractivity contribution is 5.75. The van der Waals surface area contributed by atoms with Crippen molar-refractivity contribution in [2.45, 2.75) is 6.04 Å². The van der Waals surface area contributed by atoms with Crippen LogP contribution in [-0.4, -0.2) is 21.3 Å². The molecular weight excluding hydrogens is 174 g/mol. The van der Waals surface area contributed by atoms with Gasteiger partial charge in [0.1, 0.15) is 17.5 Å². The maximum absolute atomic E-state index is 10.4. The second-order valence-electron chi connectivity index (χ2n) is 2.60. The van der Waals surface area contributed by atoms with Crippen molar-refractivity contribution in [3.8, 4) is 11.5 Å². The Morgan fingerprint density at radius 3 is 2.08 bits per heavy atom.